The molecule has 0 saturated carbocycles. The Labute approximate surface area is 191 Å². The minimum Gasteiger partial charge on any atom is -0.383 e. The minimum absolute atomic E-state index is 0.0143. The molecule has 1 unspecified atom stereocenters. The molecular weight excluding hydrogens is 459 g/mol. The third-order valence-corrected chi connectivity index (χ3v) is 5.39. The first kappa shape index (κ1) is 25.0. The molecule has 2 heterocycles. The van der Waals surface area contributed by atoms with Crippen molar-refractivity contribution in [3.63, 3.8) is 0 Å². The second kappa shape index (κ2) is 10.1. The number of ether oxygens (including phenoxy) is 1. The van der Waals surface area contributed by atoms with Gasteiger partial charge in [-0.1, -0.05) is 30.3 Å². The molecule has 2 amide bonds. The molecule has 1 saturated heterocycles. The lowest BCUT2D eigenvalue weighted by atomic mass is 10.1. The summed E-state index contributed by atoms with van der Waals surface area (Å²) in [4.78, 5) is 54.3. The van der Waals surface area contributed by atoms with E-state index in [1.54, 1.807) is 30.3 Å². The van der Waals surface area contributed by atoms with Crippen LogP contribution in [0.4, 0.5) is 24.7 Å². The summed E-state index contributed by atoms with van der Waals surface area (Å²) in [6, 6.07) is 8.51. The zero-order valence-electron chi connectivity index (χ0n) is 18.3. The van der Waals surface area contributed by atoms with Crippen LogP contribution in [0.5, 0.6) is 0 Å². The number of nitrogens with one attached hydrogen (secondary N) is 1. The predicted molar refractivity (Wildman–Crippen MR) is 116 cm³/mol. The Morgan fingerprint density at radius 2 is 1.91 bits per heavy atom. The second-order valence-electron chi connectivity index (χ2n) is 7.84. The molecule has 2 aromatic rings. The Morgan fingerprint density at radius 3 is 2.53 bits per heavy atom. The number of hydrogen-bond donors (Lipinski definition) is 2. The Morgan fingerprint density at radius 1 is 1.24 bits per heavy atom. The first-order valence-corrected chi connectivity index (χ1v) is 10.3. The number of nitrogens with zero attached hydrogens (tertiary/aromatic N) is 3. The number of methoxy groups -OCH3 is 1. The molecule has 1 aliphatic heterocycles. The van der Waals surface area contributed by atoms with Crippen molar-refractivity contribution in [3.05, 3.63) is 56.7 Å². The maximum Gasteiger partial charge on any atom is 0.406 e. The van der Waals surface area contributed by atoms with Crippen molar-refractivity contribution in [2.45, 2.75) is 25.7 Å². The average Bonchev–Trinajstić information content (AvgIpc) is 3.11. The van der Waals surface area contributed by atoms with Crippen LogP contribution < -0.4 is 21.9 Å². The molecule has 0 aliphatic carbocycles. The van der Waals surface area contributed by atoms with E-state index in [4.69, 9.17) is 10.5 Å². The number of hydrogen-bond acceptors (Lipinski definition) is 6. The molecule has 1 aromatic heterocycles. The van der Waals surface area contributed by atoms with E-state index in [2.05, 4.69) is 4.98 Å². The number of carbonyl (C=O) groups is 2. The summed E-state index contributed by atoms with van der Waals surface area (Å²) in [6.45, 7) is -2.01. The highest BCUT2D eigenvalue weighted by molar-refractivity contribution is 6.00. The number of aromatic amines is 1. The van der Waals surface area contributed by atoms with Crippen molar-refractivity contribution in [1.82, 2.24) is 14.5 Å². The van der Waals surface area contributed by atoms with Crippen molar-refractivity contribution in [3.8, 4) is 0 Å². The summed E-state index contributed by atoms with van der Waals surface area (Å²) >= 11 is 0. The van der Waals surface area contributed by atoms with Crippen molar-refractivity contribution < 1.29 is 27.5 Å². The lowest BCUT2D eigenvalue weighted by molar-refractivity contribution is -0.157. The van der Waals surface area contributed by atoms with Crippen LogP contribution in [0.25, 0.3) is 0 Å². The highest BCUT2D eigenvalue weighted by Gasteiger charge is 2.42. The Balaban J connectivity index is 2.02. The van der Waals surface area contributed by atoms with Crippen LogP contribution in [0.15, 0.2) is 39.9 Å². The predicted octanol–water partition coefficient (Wildman–Crippen LogP) is 0.709. The van der Waals surface area contributed by atoms with Gasteiger partial charge in [0.15, 0.2) is 5.69 Å². The summed E-state index contributed by atoms with van der Waals surface area (Å²) in [5.74, 6) is -3.00. The van der Waals surface area contributed by atoms with Gasteiger partial charge in [0.2, 0.25) is 11.8 Å². The lowest BCUT2D eigenvalue weighted by Gasteiger charge is -2.27. The van der Waals surface area contributed by atoms with Gasteiger partial charge >= 0.3 is 11.9 Å². The smallest absolute Gasteiger partial charge is 0.383 e. The number of amides is 2. The van der Waals surface area contributed by atoms with Crippen molar-refractivity contribution in [2.24, 2.45) is 5.92 Å². The number of aromatic nitrogens is 2. The molecule has 3 N–H and O–H groups in total. The van der Waals surface area contributed by atoms with Crippen LogP contribution in [0.3, 0.4) is 0 Å². The molecule has 1 fully saturated rings. The number of halogens is 3. The number of rotatable bonds is 8. The molecule has 34 heavy (non-hydrogen) atoms. The van der Waals surface area contributed by atoms with Crippen LogP contribution in [0.2, 0.25) is 0 Å². The number of carbonyl (C=O) groups excluding carboxylic acids is 2. The monoisotopic (exact) mass is 483 g/mol. The molecular formula is C21H24F3N5O5. The highest BCUT2D eigenvalue weighted by atomic mass is 19.4. The van der Waals surface area contributed by atoms with Gasteiger partial charge in [0.1, 0.15) is 12.4 Å². The summed E-state index contributed by atoms with van der Waals surface area (Å²) in [5, 5.41) is 0. The van der Waals surface area contributed by atoms with Crippen LogP contribution in [0.1, 0.15) is 12.0 Å². The fourth-order valence-corrected chi connectivity index (χ4v) is 3.80. The van der Waals surface area contributed by atoms with Gasteiger partial charge in [-0.3, -0.25) is 28.8 Å². The van der Waals surface area contributed by atoms with Gasteiger partial charge in [0.05, 0.1) is 25.6 Å². The zero-order valence-corrected chi connectivity index (χ0v) is 18.3. The third-order valence-electron chi connectivity index (χ3n) is 5.39. The molecule has 3 rings (SSSR count). The van der Waals surface area contributed by atoms with Crippen molar-refractivity contribution >= 4 is 23.3 Å². The van der Waals surface area contributed by atoms with Gasteiger partial charge < -0.3 is 15.4 Å². The van der Waals surface area contributed by atoms with E-state index in [9.17, 15) is 32.3 Å². The third kappa shape index (κ3) is 5.65. The minimum atomic E-state index is -4.62. The fraction of sp³-hybridized carbons (Fsp3) is 0.429. The second-order valence-corrected chi connectivity index (χ2v) is 7.84. The quantitative estimate of drug-likeness (QED) is 0.569. The lowest BCUT2D eigenvalue weighted by Crippen LogP contribution is -2.44. The maximum absolute atomic E-state index is 13.5. The van der Waals surface area contributed by atoms with E-state index in [0.29, 0.717) is 10.5 Å². The van der Waals surface area contributed by atoms with E-state index in [1.165, 1.54) is 7.11 Å². The summed E-state index contributed by atoms with van der Waals surface area (Å²) in [5.41, 5.74) is 4.66. The van der Waals surface area contributed by atoms with Gasteiger partial charge in [-0.15, -0.1) is 0 Å². The van der Waals surface area contributed by atoms with Crippen LogP contribution in [-0.2, 0) is 27.4 Å². The highest BCUT2D eigenvalue weighted by Crippen LogP contribution is 2.28. The first-order valence-electron chi connectivity index (χ1n) is 10.3. The number of H-pyrrole nitrogens is 1. The van der Waals surface area contributed by atoms with Crippen LogP contribution in [0, 0.1) is 5.92 Å². The van der Waals surface area contributed by atoms with E-state index in [0.717, 1.165) is 9.47 Å². The van der Waals surface area contributed by atoms with E-state index < -0.39 is 54.7 Å². The normalized spacial score (nSPS) is 16.2. The van der Waals surface area contributed by atoms with Crippen LogP contribution >= 0.6 is 0 Å². The van der Waals surface area contributed by atoms with E-state index >= 15 is 0 Å². The molecule has 0 bridgehead atoms. The largest absolute Gasteiger partial charge is 0.406 e. The number of alkyl halides is 3. The number of likely N-dealkylation sites (tertiary alicyclic amines) is 1. The zero-order chi connectivity index (χ0) is 25.0. The van der Waals surface area contributed by atoms with Crippen LogP contribution in [-0.4, -0.2) is 59.2 Å². The molecule has 1 aliphatic rings. The van der Waals surface area contributed by atoms with Gasteiger partial charge in [0.25, 0.3) is 5.56 Å². The molecule has 0 spiro atoms. The number of benzene rings is 1. The van der Waals surface area contributed by atoms with Gasteiger partial charge in [-0.05, 0) is 5.56 Å². The molecule has 10 nitrogen and oxygen atoms in total. The van der Waals surface area contributed by atoms with Crippen molar-refractivity contribution in [1.29, 1.82) is 0 Å². The molecule has 13 heteroatoms. The Kier molecular flexibility index (Phi) is 7.44. The molecule has 0 radical (unpaired) electrons. The summed E-state index contributed by atoms with van der Waals surface area (Å²) < 4.78 is 44.4. The van der Waals surface area contributed by atoms with Gasteiger partial charge in [0, 0.05) is 20.1 Å². The number of anilines is 2. The first-order chi connectivity index (χ1) is 16.0. The van der Waals surface area contributed by atoms with Gasteiger partial charge in [-0.2, -0.15) is 13.2 Å². The van der Waals surface area contributed by atoms with Gasteiger partial charge in [-0.25, -0.2) is 4.79 Å². The fourth-order valence-electron chi connectivity index (χ4n) is 3.80. The Hall–Kier alpha value is -3.61. The maximum atomic E-state index is 13.5. The summed E-state index contributed by atoms with van der Waals surface area (Å²) in [7, 11) is 1.41. The average molecular weight is 483 g/mol. The van der Waals surface area contributed by atoms with Crippen molar-refractivity contribution in [2.75, 3.05) is 37.4 Å². The molecule has 1 aromatic carbocycles. The number of nitrogens with two attached hydrogens (primary N) is 1. The molecule has 184 valence electrons. The Bertz CT molecular complexity index is 1160. The molecule has 1 atom stereocenters. The SMILES string of the molecule is COCCn1c(N)c(N(Cc2ccccc2)C(=O)C2CC(=O)N(CC(F)(F)F)C2)c(=O)[nH]c1=O. The van der Waals surface area contributed by atoms with E-state index in [-0.39, 0.29) is 31.2 Å². The summed E-state index contributed by atoms with van der Waals surface area (Å²) in [6.07, 6.45) is -5.06. The standard InChI is InChI=1S/C21H24F3N5O5/c1-34-8-7-28-17(25)16(18(31)26-20(28)33)29(10-13-5-3-2-4-6-13)19(32)14-9-15(30)27(11-14)12-21(22,23)24/h2-6,14H,7-12,25H2,1H3,(H,26,31,33). The topological polar surface area (TPSA) is 131 Å². The van der Waals surface area contributed by atoms with E-state index in [1.807, 2.05) is 0 Å². The number of nitrogen functional groups attached to an aromatic ring is 1.